The van der Waals surface area contributed by atoms with Crippen LogP contribution in [0.15, 0.2) is 41.3 Å². The van der Waals surface area contributed by atoms with Gasteiger partial charge < -0.3 is 20.5 Å². The third-order valence-electron chi connectivity index (χ3n) is 9.05. The van der Waals surface area contributed by atoms with Gasteiger partial charge in [-0.15, -0.1) is 0 Å². The highest BCUT2D eigenvalue weighted by atomic mass is 19.4. The Bertz CT molecular complexity index is 1760. The number of benzene rings is 1. The van der Waals surface area contributed by atoms with Crippen molar-refractivity contribution in [3.8, 4) is 6.07 Å². The van der Waals surface area contributed by atoms with Crippen LogP contribution in [0.1, 0.15) is 51.6 Å². The second kappa shape index (κ2) is 11.2. The monoisotopic (exact) mass is 623 g/mol. The maximum Gasteiger partial charge on any atom is 0.451 e. The summed E-state index contributed by atoms with van der Waals surface area (Å²) < 4.78 is 39.8. The Balaban J connectivity index is 1.38. The number of rotatable bonds is 7. The molecular weight excluding hydrogens is 587 g/mol. The van der Waals surface area contributed by atoms with Crippen molar-refractivity contribution >= 4 is 28.5 Å². The topological polar surface area (TPSA) is 144 Å². The van der Waals surface area contributed by atoms with E-state index in [1.165, 1.54) is 11.0 Å². The quantitative estimate of drug-likeness (QED) is 0.358. The lowest BCUT2D eigenvalue weighted by Crippen LogP contribution is -2.57. The fourth-order valence-corrected chi connectivity index (χ4v) is 6.48. The van der Waals surface area contributed by atoms with Crippen LogP contribution in [0.25, 0.3) is 10.9 Å². The molecule has 3 heterocycles. The number of alkyl halides is 3. The first-order chi connectivity index (χ1) is 20.9. The minimum Gasteiger partial charge on any atom is -0.358 e. The minimum absolute atomic E-state index is 0.0285. The molecular formula is C32H36F3N7O3. The Morgan fingerprint density at radius 3 is 2.56 bits per heavy atom. The summed E-state index contributed by atoms with van der Waals surface area (Å²) in [6.45, 7) is 11.5. The average molecular weight is 624 g/mol. The lowest BCUT2D eigenvalue weighted by Gasteiger charge is -2.38. The van der Waals surface area contributed by atoms with E-state index in [4.69, 9.17) is 0 Å². The second-order valence-electron chi connectivity index (χ2n) is 13.7. The molecule has 2 amide bonds. The molecule has 3 aromatic rings. The zero-order valence-electron chi connectivity index (χ0n) is 25.9. The van der Waals surface area contributed by atoms with Crippen molar-refractivity contribution in [2.45, 2.75) is 72.3 Å². The lowest BCUT2D eigenvalue weighted by molar-refractivity contribution is -0.144. The van der Waals surface area contributed by atoms with Crippen LogP contribution in [-0.4, -0.2) is 56.3 Å². The summed E-state index contributed by atoms with van der Waals surface area (Å²) in [5, 5.41) is 16.4. The number of nitrogens with zero attached hydrogens (tertiary/aromatic N) is 4. The van der Waals surface area contributed by atoms with Gasteiger partial charge in [0.25, 0.3) is 5.56 Å². The van der Waals surface area contributed by atoms with Gasteiger partial charge in [-0.1, -0.05) is 46.2 Å². The zero-order chi connectivity index (χ0) is 33.1. The predicted octanol–water partition coefficient (Wildman–Crippen LogP) is 4.21. The van der Waals surface area contributed by atoms with E-state index < -0.39 is 47.4 Å². The van der Waals surface area contributed by atoms with E-state index in [-0.39, 0.29) is 41.6 Å². The number of nitriles is 1. The number of aromatic amines is 1. The summed E-state index contributed by atoms with van der Waals surface area (Å²) in [6.07, 6.45) is -3.84. The van der Waals surface area contributed by atoms with E-state index in [9.17, 15) is 32.8 Å². The summed E-state index contributed by atoms with van der Waals surface area (Å²) in [5.74, 6) is -2.64. The van der Waals surface area contributed by atoms with Crippen LogP contribution in [0.3, 0.4) is 0 Å². The molecule has 1 saturated heterocycles. The van der Waals surface area contributed by atoms with Gasteiger partial charge in [-0.3, -0.25) is 14.4 Å². The molecule has 13 heteroatoms. The Hall–Kier alpha value is -4.47. The number of fused-ring (bicyclic) bond motifs is 2. The Labute approximate surface area is 258 Å². The number of pyridine rings is 1. The van der Waals surface area contributed by atoms with Crippen LogP contribution in [-0.2, 0) is 22.2 Å². The van der Waals surface area contributed by atoms with Crippen molar-refractivity contribution in [3.63, 3.8) is 0 Å². The number of aryl methyl sites for hydroxylation is 1. The largest absolute Gasteiger partial charge is 0.451 e. The molecule has 2 aliphatic rings. The predicted molar refractivity (Wildman–Crippen MR) is 161 cm³/mol. The van der Waals surface area contributed by atoms with Crippen molar-refractivity contribution in [2.24, 2.45) is 22.7 Å². The van der Waals surface area contributed by atoms with Gasteiger partial charge in [-0.05, 0) is 59.2 Å². The summed E-state index contributed by atoms with van der Waals surface area (Å²) >= 11 is 0. The van der Waals surface area contributed by atoms with E-state index >= 15 is 0 Å². The number of hydrogen-bond donors (Lipinski definition) is 3. The molecule has 238 valence electrons. The smallest absolute Gasteiger partial charge is 0.358 e. The lowest BCUT2D eigenvalue weighted by atomic mass is 9.85. The number of hydrogen-bond acceptors (Lipinski definition) is 7. The highest BCUT2D eigenvalue weighted by molar-refractivity contribution is 5.93. The second-order valence-corrected chi connectivity index (χ2v) is 13.7. The highest BCUT2D eigenvalue weighted by Crippen LogP contribution is 2.65. The summed E-state index contributed by atoms with van der Waals surface area (Å²) in [4.78, 5) is 51.9. The number of carbonyl (C=O) groups excluding carboxylic acids is 2. The zero-order valence-corrected chi connectivity index (χ0v) is 25.9. The fourth-order valence-electron chi connectivity index (χ4n) is 6.48. The van der Waals surface area contributed by atoms with Crippen LogP contribution >= 0.6 is 0 Å². The van der Waals surface area contributed by atoms with Gasteiger partial charge in [0.1, 0.15) is 23.9 Å². The summed E-state index contributed by atoms with van der Waals surface area (Å²) in [7, 11) is 0. The van der Waals surface area contributed by atoms with Gasteiger partial charge in [0.15, 0.2) is 0 Å². The van der Waals surface area contributed by atoms with Crippen LogP contribution in [0.4, 0.5) is 19.0 Å². The normalized spacial score (nSPS) is 21.9. The van der Waals surface area contributed by atoms with E-state index in [0.29, 0.717) is 11.1 Å². The molecule has 2 aromatic heterocycles. The van der Waals surface area contributed by atoms with Crippen LogP contribution in [0, 0.1) is 40.9 Å². The number of amides is 2. The number of halogens is 3. The molecule has 2 fully saturated rings. The molecule has 45 heavy (non-hydrogen) atoms. The number of anilines is 1. The Morgan fingerprint density at radius 2 is 1.91 bits per heavy atom. The van der Waals surface area contributed by atoms with Gasteiger partial charge in [-0.25, -0.2) is 9.97 Å². The van der Waals surface area contributed by atoms with E-state index in [2.05, 4.69) is 31.7 Å². The van der Waals surface area contributed by atoms with Crippen molar-refractivity contribution in [2.75, 3.05) is 11.9 Å². The molecule has 1 aliphatic carbocycles. The molecule has 0 spiro atoms. The van der Waals surface area contributed by atoms with Crippen LogP contribution < -0.4 is 16.2 Å². The van der Waals surface area contributed by atoms with E-state index in [1.807, 2.05) is 32.9 Å². The Kier molecular flexibility index (Phi) is 7.92. The molecule has 1 saturated carbocycles. The van der Waals surface area contributed by atoms with E-state index in [1.54, 1.807) is 32.9 Å². The van der Waals surface area contributed by atoms with Crippen molar-refractivity contribution in [3.05, 3.63) is 63.8 Å². The molecule has 3 N–H and O–H groups in total. The summed E-state index contributed by atoms with van der Waals surface area (Å²) in [5.41, 5.74) is 0.625. The number of H-pyrrole nitrogens is 1. The van der Waals surface area contributed by atoms with Crippen LogP contribution in [0.2, 0.25) is 0 Å². The van der Waals surface area contributed by atoms with Crippen molar-refractivity contribution < 1.29 is 22.8 Å². The number of piperidine rings is 1. The van der Waals surface area contributed by atoms with Crippen molar-refractivity contribution in [1.29, 1.82) is 5.26 Å². The number of likely N-dealkylation sites (tertiary alicyclic amines) is 1. The van der Waals surface area contributed by atoms with Gasteiger partial charge in [0.2, 0.25) is 17.6 Å². The third kappa shape index (κ3) is 6.23. The molecule has 0 bridgehead atoms. The maximum absolute atomic E-state index is 14.1. The first kappa shape index (κ1) is 31.9. The van der Waals surface area contributed by atoms with Gasteiger partial charge in [0, 0.05) is 30.2 Å². The standard InChI is InChI=1S/C32H36F3N7O3/c1-16-7-8-21-17(11-16)12-18(26(43)39-21)13-19(14-36)38-27(44)24-23-20(31(23,5)6)15-42(24)28(45)25(30(2,3)4)40-22-9-10-37-29(41-22)32(33,34)35/h7-12,19-20,23-25H,13,15H2,1-6H3,(H,38,44)(H,39,43)(H,37,40,41)/t19-,20-,23-,24-,25+/m0/s1. The fraction of sp³-hybridized carbons (Fsp3) is 0.500. The van der Waals surface area contributed by atoms with Gasteiger partial charge >= 0.3 is 6.18 Å². The molecule has 10 nitrogen and oxygen atoms in total. The van der Waals surface area contributed by atoms with Gasteiger partial charge in [0.05, 0.1) is 6.07 Å². The SMILES string of the molecule is Cc1ccc2[nH]c(=O)c(C[C@@H](C#N)NC(=O)[C@@H]3[C@@H]4[C@H](CN3C(=O)[C@@H](Nc3ccnc(C(F)(F)F)n3)C(C)(C)C)C4(C)C)cc2c1. The third-order valence-corrected chi connectivity index (χ3v) is 9.05. The first-order valence-electron chi connectivity index (χ1n) is 14.7. The van der Waals surface area contributed by atoms with Gasteiger partial charge in [-0.2, -0.15) is 18.4 Å². The molecule has 5 rings (SSSR count). The Morgan fingerprint density at radius 1 is 1.20 bits per heavy atom. The molecule has 0 radical (unpaired) electrons. The number of aromatic nitrogens is 3. The molecule has 0 unspecified atom stereocenters. The number of nitrogens with one attached hydrogen (secondary N) is 3. The molecule has 1 aliphatic heterocycles. The average Bonchev–Trinajstić information content (AvgIpc) is 3.26. The number of carbonyl (C=O) groups is 2. The first-order valence-corrected chi connectivity index (χ1v) is 14.7. The molecule has 5 atom stereocenters. The highest BCUT2D eigenvalue weighted by Gasteiger charge is 2.69. The minimum atomic E-state index is -4.77. The van der Waals surface area contributed by atoms with E-state index in [0.717, 1.165) is 17.1 Å². The molecule has 1 aromatic carbocycles. The maximum atomic E-state index is 14.1. The summed E-state index contributed by atoms with van der Waals surface area (Å²) in [6, 6.07) is 7.65. The van der Waals surface area contributed by atoms with Crippen molar-refractivity contribution in [1.82, 2.24) is 25.2 Å². The van der Waals surface area contributed by atoms with Crippen LogP contribution in [0.5, 0.6) is 0 Å².